The first kappa shape index (κ1) is 18.7. The standard InChI is InChI=1S/C18H13F2N5O4/c1-2-17(19,20)18(23-24-18)8-21-10-5-3-4-9-13(10)16(29)25(15(9)28)11-6-7-12(26)22-14(11)27/h1,3-5,11,21H,6-8H2,(H,22,26,27). The maximum Gasteiger partial charge on any atom is 0.357 e. The quantitative estimate of drug-likeness (QED) is 0.562. The highest BCUT2D eigenvalue weighted by Crippen LogP contribution is 2.43. The molecule has 0 radical (unpaired) electrons. The Bertz CT molecular complexity index is 1040. The summed E-state index contributed by atoms with van der Waals surface area (Å²) in [5.41, 5.74) is -2.05. The molecule has 29 heavy (non-hydrogen) atoms. The van der Waals surface area contributed by atoms with E-state index in [4.69, 9.17) is 6.42 Å². The molecule has 0 aromatic heterocycles. The third-order valence-electron chi connectivity index (χ3n) is 5.02. The summed E-state index contributed by atoms with van der Waals surface area (Å²) in [4.78, 5) is 49.9. The molecular formula is C18H13F2N5O4. The highest BCUT2D eigenvalue weighted by atomic mass is 19.3. The second-order valence-electron chi connectivity index (χ2n) is 6.76. The molecule has 0 aliphatic carbocycles. The third-order valence-corrected chi connectivity index (χ3v) is 5.02. The van der Waals surface area contributed by atoms with Crippen LogP contribution >= 0.6 is 0 Å². The number of piperidine rings is 1. The second kappa shape index (κ2) is 6.16. The van der Waals surface area contributed by atoms with Crippen LogP contribution in [0.25, 0.3) is 0 Å². The largest absolute Gasteiger partial charge is 0.380 e. The van der Waals surface area contributed by atoms with Crippen LogP contribution in [0.2, 0.25) is 0 Å². The Morgan fingerprint density at radius 1 is 1.28 bits per heavy atom. The number of fused-ring (bicyclic) bond motifs is 1. The predicted octanol–water partition coefficient (Wildman–Crippen LogP) is 0.930. The number of rotatable bonds is 5. The van der Waals surface area contributed by atoms with Crippen molar-refractivity contribution in [3.8, 4) is 12.3 Å². The maximum absolute atomic E-state index is 13.8. The first-order valence-electron chi connectivity index (χ1n) is 8.59. The second-order valence-corrected chi connectivity index (χ2v) is 6.76. The van der Waals surface area contributed by atoms with Crippen LogP contribution in [0.3, 0.4) is 0 Å². The number of imide groups is 2. The lowest BCUT2D eigenvalue weighted by molar-refractivity contribution is -0.136. The van der Waals surface area contributed by atoms with Gasteiger partial charge in [0.25, 0.3) is 17.5 Å². The molecular weight excluding hydrogens is 388 g/mol. The van der Waals surface area contributed by atoms with Crippen LogP contribution in [0.1, 0.15) is 33.6 Å². The van der Waals surface area contributed by atoms with Crippen molar-refractivity contribution >= 4 is 29.3 Å². The van der Waals surface area contributed by atoms with Crippen molar-refractivity contribution in [2.24, 2.45) is 10.2 Å². The molecule has 0 saturated carbocycles. The molecule has 0 spiro atoms. The molecule has 4 amide bonds. The van der Waals surface area contributed by atoms with Crippen molar-refractivity contribution in [1.29, 1.82) is 0 Å². The molecule has 1 aromatic rings. The lowest BCUT2D eigenvalue weighted by Gasteiger charge is -2.27. The summed E-state index contributed by atoms with van der Waals surface area (Å²) in [6, 6.07) is 3.17. The number of nitrogens with zero attached hydrogens (tertiary/aromatic N) is 3. The lowest BCUT2D eigenvalue weighted by atomic mass is 10.0. The van der Waals surface area contributed by atoms with Crippen molar-refractivity contribution in [2.45, 2.75) is 30.5 Å². The normalized spacial score (nSPS) is 22.2. The van der Waals surface area contributed by atoms with E-state index in [2.05, 4.69) is 20.9 Å². The van der Waals surface area contributed by atoms with Crippen molar-refractivity contribution in [2.75, 3.05) is 11.9 Å². The maximum atomic E-state index is 13.8. The fraction of sp³-hybridized carbons (Fsp3) is 0.333. The van der Waals surface area contributed by atoms with E-state index in [9.17, 15) is 28.0 Å². The fourth-order valence-electron chi connectivity index (χ4n) is 3.36. The van der Waals surface area contributed by atoms with Crippen LogP contribution in [-0.2, 0) is 9.59 Å². The number of hydrogen-bond donors (Lipinski definition) is 2. The molecule has 148 valence electrons. The average Bonchev–Trinajstić information content (AvgIpc) is 3.45. The number of benzene rings is 1. The van der Waals surface area contributed by atoms with Crippen molar-refractivity contribution in [3.63, 3.8) is 0 Å². The van der Waals surface area contributed by atoms with Crippen LogP contribution in [0.4, 0.5) is 14.5 Å². The molecule has 4 rings (SSSR count). The molecule has 1 aromatic carbocycles. The van der Waals surface area contributed by atoms with E-state index >= 15 is 0 Å². The minimum Gasteiger partial charge on any atom is -0.380 e. The summed E-state index contributed by atoms with van der Waals surface area (Å²) in [7, 11) is 0. The molecule has 9 nitrogen and oxygen atoms in total. The molecule has 0 bridgehead atoms. The van der Waals surface area contributed by atoms with E-state index < -0.39 is 47.8 Å². The molecule has 1 atom stereocenters. The Balaban J connectivity index is 1.60. The van der Waals surface area contributed by atoms with E-state index in [1.54, 1.807) is 0 Å². The molecule has 1 saturated heterocycles. The summed E-state index contributed by atoms with van der Waals surface area (Å²) >= 11 is 0. The Hall–Kier alpha value is -3.68. The van der Waals surface area contributed by atoms with Crippen LogP contribution in [0, 0.1) is 12.3 Å². The molecule has 1 unspecified atom stereocenters. The zero-order valence-electron chi connectivity index (χ0n) is 14.7. The fourth-order valence-corrected chi connectivity index (χ4v) is 3.36. The number of terminal acetylenes is 1. The number of anilines is 1. The number of alkyl halides is 2. The van der Waals surface area contributed by atoms with E-state index in [0.29, 0.717) is 0 Å². The van der Waals surface area contributed by atoms with E-state index in [1.165, 1.54) is 24.1 Å². The van der Waals surface area contributed by atoms with E-state index in [0.717, 1.165) is 4.90 Å². The Morgan fingerprint density at radius 2 is 2.00 bits per heavy atom. The Morgan fingerprint density at radius 3 is 2.62 bits per heavy atom. The summed E-state index contributed by atoms with van der Waals surface area (Å²) in [6.45, 7) is -0.486. The molecule has 1 fully saturated rings. The van der Waals surface area contributed by atoms with Crippen molar-refractivity contribution < 1.29 is 28.0 Å². The zero-order chi connectivity index (χ0) is 21.0. The van der Waals surface area contributed by atoms with Crippen LogP contribution < -0.4 is 10.6 Å². The highest BCUT2D eigenvalue weighted by Gasteiger charge is 2.61. The molecule has 2 N–H and O–H groups in total. The van der Waals surface area contributed by atoms with Gasteiger partial charge in [0.05, 0.1) is 17.7 Å². The van der Waals surface area contributed by atoms with Crippen LogP contribution in [0.15, 0.2) is 28.4 Å². The monoisotopic (exact) mass is 401 g/mol. The minimum absolute atomic E-state index is 0.00810. The number of carbonyl (C=O) groups is 4. The van der Waals surface area contributed by atoms with Crippen LogP contribution in [0.5, 0.6) is 0 Å². The van der Waals surface area contributed by atoms with Gasteiger partial charge in [-0.2, -0.15) is 8.78 Å². The topological polar surface area (TPSA) is 120 Å². The summed E-state index contributed by atoms with van der Waals surface area (Å²) in [5.74, 6) is -4.96. The SMILES string of the molecule is C#CC(F)(F)C1(CNc2cccc3c2C(=O)N(C2CCC(=O)NC2=O)C3=O)N=N1. The van der Waals surface area contributed by atoms with Crippen molar-refractivity contribution in [3.05, 3.63) is 29.3 Å². The van der Waals surface area contributed by atoms with E-state index in [1.807, 2.05) is 0 Å². The third kappa shape index (κ3) is 2.75. The lowest BCUT2D eigenvalue weighted by Crippen LogP contribution is -2.54. The van der Waals surface area contributed by atoms with Gasteiger partial charge in [-0.15, -0.1) is 16.7 Å². The number of amides is 4. The Labute approximate surface area is 162 Å². The first-order chi connectivity index (χ1) is 13.7. The molecule has 3 heterocycles. The molecule has 11 heteroatoms. The predicted molar refractivity (Wildman–Crippen MR) is 93.0 cm³/mol. The summed E-state index contributed by atoms with van der Waals surface area (Å²) < 4.78 is 27.6. The average molecular weight is 401 g/mol. The van der Waals surface area contributed by atoms with E-state index in [-0.39, 0.29) is 29.7 Å². The number of carbonyl (C=O) groups excluding carboxylic acids is 4. The van der Waals surface area contributed by atoms with Gasteiger partial charge in [0.1, 0.15) is 6.04 Å². The van der Waals surface area contributed by atoms with Gasteiger partial charge >= 0.3 is 5.92 Å². The van der Waals surface area contributed by atoms with Gasteiger partial charge in [0.15, 0.2) is 0 Å². The zero-order valence-corrected chi connectivity index (χ0v) is 14.7. The number of nitrogens with one attached hydrogen (secondary N) is 2. The van der Waals surface area contributed by atoms with Gasteiger partial charge < -0.3 is 5.32 Å². The molecule has 3 aliphatic rings. The van der Waals surface area contributed by atoms with Crippen LogP contribution in [-0.4, -0.2) is 52.7 Å². The van der Waals surface area contributed by atoms with Gasteiger partial charge in [-0.05, 0) is 24.5 Å². The summed E-state index contributed by atoms with van der Waals surface area (Å²) in [6.07, 6.45) is 4.84. The van der Waals surface area contributed by atoms with Gasteiger partial charge in [0.2, 0.25) is 11.8 Å². The Kier molecular flexibility index (Phi) is 3.97. The molecule has 3 aliphatic heterocycles. The first-order valence-corrected chi connectivity index (χ1v) is 8.59. The summed E-state index contributed by atoms with van der Waals surface area (Å²) in [5, 5.41) is 11.5. The van der Waals surface area contributed by atoms with Gasteiger partial charge in [-0.3, -0.25) is 29.4 Å². The highest BCUT2D eigenvalue weighted by molar-refractivity contribution is 6.25. The van der Waals surface area contributed by atoms with Gasteiger partial charge in [-0.25, -0.2) is 0 Å². The number of hydrogen-bond acceptors (Lipinski definition) is 7. The van der Waals surface area contributed by atoms with Gasteiger partial charge in [0, 0.05) is 12.1 Å². The van der Waals surface area contributed by atoms with Crippen molar-refractivity contribution in [1.82, 2.24) is 10.2 Å². The smallest absolute Gasteiger partial charge is 0.357 e. The number of halogens is 2. The van der Waals surface area contributed by atoms with Gasteiger partial charge in [-0.1, -0.05) is 6.07 Å². The minimum atomic E-state index is -3.61.